The molecule has 2 aromatic rings. The Morgan fingerprint density at radius 2 is 1.43 bits per heavy atom. The van der Waals surface area contributed by atoms with E-state index in [0.717, 1.165) is 16.9 Å². The molecule has 1 aliphatic heterocycles. The number of benzene rings is 2. The molecule has 0 fully saturated rings. The molecule has 7 nitrogen and oxygen atoms in total. The molecule has 0 amide bonds. The molecular weight excluding hydrogens is 364 g/mol. The minimum atomic E-state index is -0.239. The highest BCUT2D eigenvalue weighted by Gasteiger charge is 2.21. The fourth-order valence-electron chi connectivity index (χ4n) is 2.71. The average Bonchev–Trinajstić information content (AvgIpc) is 2.74. The first kappa shape index (κ1) is 20.0. The van der Waals surface area contributed by atoms with Crippen molar-refractivity contribution < 1.29 is 33.2 Å². The molecule has 28 heavy (non-hydrogen) atoms. The fraction of sp³-hybridized carbons (Fsp3) is 0.333. The van der Waals surface area contributed by atoms with Gasteiger partial charge in [-0.05, 0) is 29.8 Å². The summed E-state index contributed by atoms with van der Waals surface area (Å²) in [6.45, 7) is 0.464. The molecule has 1 atom stereocenters. The van der Waals surface area contributed by atoms with E-state index in [1.54, 1.807) is 27.4 Å². The van der Waals surface area contributed by atoms with Crippen molar-refractivity contribution in [1.82, 2.24) is 0 Å². The Kier molecular flexibility index (Phi) is 7.13. The smallest absolute Gasteiger partial charge is 0.188 e. The maximum absolute atomic E-state index is 6.19. The van der Waals surface area contributed by atoms with Gasteiger partial charge < -0.3 is 33.2 Å². The lowest BCUT2D eigenvalue weighted by Gasteiger charge is -2.24. The van der Waals surface area contributed by atoms with Gasteiger partial charge in [0.1, 0.15) is 29.1 Å². The average molecular weight is 388 g/mol. The first-order chi connectivity index (χ1) is 13.7. The van der Waals surface area contributed by atoms with E-state index in [0.29, 0.717) is 17.2 Å². The second-order valence-corrected chi connectivity index (χ2v) is 5.95. The number of ether oxygens (including phenoxy) is 7. The maximum Gasteiger partial charge on any atom is 0.188 e. The van der Waals surface area contributed by atoms with Gasteiger partial charge in [0.2, 0.25) is 0 Å². The van der Waals surface area contributed by atoms with Gasteiger partial charge in [0, 0.05) is 33.5 Å². The highest BCUT2D eigenvalue weighted by molar-refractivity contribution is 5.68. The number of methoxy groups -OCH3 is 3. The summed E-state index contributed by atoms with van der Waals surface area (Å²) in [5.74, 6) is 2.59. The van der Waals surface area contributed by atoms with Gasteiger partial charge in [0.05, 0.1) is 5.56 Å². The number of fused-ring (bicyclic) bond motifs is 1. The first-order valence-electron chi connectivity index (χ1n) is 8.73. The zero-order valence-corrected chi connectivity index (χ0v) is 16.2. The standard InChI is InChI=1S/C21H24O7/c1-22-12-25-16-6-4-15(5-7-16)19-9-8-18-20(27-14-24-3)10-17(26-13-23-2)11-21(18)28-19/h4-11,19H,12-14H2,1-3H3. The lowest BCUT2D eigenvalue weighted by atomic mass is 10.0. The molecule has 0 N–H and O–H groups in total. The van der Waals surface area contributed by atoms with Crippen molar-refractivity contribution in [3.05, 3.63) is 53.6 Å². The van der Waals surface area contributed by atoms with Gasteiger partial charge in [-0.25, -0.2) is 0 Å². The molecule has 0 saturated carbocycles. The molecule has 3 rings (SSSR count). The van der Waals surface area contributed by atoms with Gasteiger partial charge in [0.15, 0.2) is 20.4 Å². The maximum atomic E-state index is 6.19. The third kappa shape index (κ3) is 4.95. The Morgan fingerprint density at radius 1 is 0.786 bits per heavy atom. The summed E-state index contributed by atoms with van der Waals surface area (Å²) < 4.78 is 37.7. The molecule has 0 aliphatic carbocycles. The molecule has 0 bridgehead atoms. The zero-order chi connectivity index (χ0) is 19.8. The molecule has 1 unspecified atom stereocenters. The van der Waals surface area contributed by atoms with Crippen LogP contribution in [-0.2, 0) is 14.2 Å². The minimum absolute atomic E-state index is 0.125. The van der Waals surface area contributed by atoms with Crippen molar-refractivity contribution in [3.63, 3.8) is 0 Å². The van der Waals surface area contributed by atoms with Crippen LogP contribution in [0.1, 0.15) is 17.2 Å². The molecule has 1 heterocycles. The summed E-state index contributed by atoms with van der Waals surface area (Å²) in [4.78, 5) is 0. The summed E-state index contributed by atoms with van der Waals surface area (Å²) >= 11 is 0. The SMILES string of the molecule is COCOc1ccc(C2C=Cc3c(OCOC)cc(OCOC)cc3O2)cc1. The normalized spacial score (nSPS) is 14.9. The van der Waals surface area contributed by atoms with Crippen LogP contribution in [0.3, 0.4) is 0 Å². The van der Waals surface area contributed by atoms with Crippen molar-refractivity contribution in [2.24, 2.45) is 0 Å². The Hall–Kier alpha value is -2.74. The zero-order valence-electron chi connectivity index (χ0n) is 16.2. The number of rotatable bonds is 10. The fourth-order valence-corrected chi connectivity index (χ4v) is 2.71. The predicted octanol–water partition coefficient (Wildman–Crippen LogP) is 3.78. The molecule has 150 valence electrons. The summed E-state index contributed by atoms with van der Waals surface area (Å²) in [6, 6.07) is 11.3. The molecule has 2 aromatic carbocycles. The van der Waals surface area contributed by atoms with Crippen LogP contribution in [0.2, 0.25) is 0 Å². The number of hydrogen-bond acceptors (Lipinski definition) is 7. The van der Waals surface area contributed by atoms with Crippen LogP contribution in [0.15, 0.2) is 42.5 Å². The predicted molar refractivity (Wildman–Crippen MR) is 103 cm³/mol. The van der Waals surface area contributed by atoms with Crippen LogP contribution in [0.4, 0.5) is 0 Å². The molecule has 0 saturated heterocycles. The molecular formula is C21H24O7. The van der Waals surface area contributed by atoms with Crippen LogP contribution in [0, 0.1) is 0 Å². The summed E-state index contributed by atoms with van der Waals surface area (Å²) in [6.07, 6.45) is 3.71. The van der Waals surface area contributed by atoms with Crippen LogP contribution >= 0.6 is 0 Å². The van der Waals surface area contributed by atoms with Crippen molar-refractivity contribution in [1.29, 1.82) is 0 Å². The van der Waals surface area contributed by atoms with Gasteiger partial charge in [-0.2, -0.15) is 0 Å². The molecule has 1 aliphatic rings. The highest BCUT2D eigenvalue weighted by atomic mass is 16.7. The third-order valence-corrected chi connectivity index (χ3v) is 4.00. The van der Waals surface area contributed by atoms with Gasteiger partial charge in [0.25, 0.3) is 0 Å². The summed E-state index contributed by atoms with van der Waals surface area (Å²) in [5.41, 5.74) is 1.83. The highest BCUT2D eigenvalue weighted by Crippen LogP contribution is 2.41. The Bertz CT molecular complexity index is 786. The van der Waals surface area contributed by atoms with E-state index in [-0.39, 0.29) is 26.5 Å². The minimum Gasteiger partial charge on any atom is -0.481 e. The van der Waals surface area contributed by atoms with Crippen molar-refractivity contribution in [2.45, 2.75) is 6.10 Å². The van der Waals surface area contributed by atoms with E-state index in [2.05, 4.69) is 0 Å². The number of hydrogen-bond donors (Lipinski definition) is 0. The van der Waals surface area contributed by atoms with Gasteiger partial charge in [-0.3, -0.25) is 0 Å². The van der Waals surface area contributed by atoms with Crippen LogP contribution in [0.25, 0.3) is 6.08 Å². The Balaban J connectivity index is 1.81. The lowest BCUT2D eigenvalue weighted by molar-refractivity contribution is 0.0454. The molecule has 7 heteroatoms. The van der Waals surface area contributed by atoms with E-state index in [9.17, 15) is 0 Å². The first-order valence-corrected chi connectivity index (χ1v) is 8.73. The topological polar surface area (TPSA) is 64.6 Å². The van der Waals surface area contributed by atoms with E-state index < -0.39 is 0 Å². The van der Waals surface area contributed by atoms with Gasteiger partial charge >= 0.3 is 0 Å². The largest absolute Gasteiger partial charge is 0.481 e. The van der Waals surface area contributed by atoms with Crippen molar-refractivity contribution >= 4 is 6.08 Å². The van der Waals surface area contributed by atoms with Crippen LogP contribution < -0.4 is 18.9 Å². The summed E-state index contributed by atoms with van der Waals surface area (Å²) in [5, 5.41) is 0. The lowest BCUT2D eigenvalue weighted by Crippen LogP contribution is -2.11. The van der Waals surface area contributed by atoms with E-state index in [1.165, 1.54) is 0 Å². The van der Waals surface area contributed by atoms with Gasteiger partial charge in [-0.1, -0.05) is 12.1 Å². The Labute approximate surface area is 164 Å². The monoisotopic (exact) mass is 388 g/mol. The second-order valence-electron chi connectivity index (χ2n) is 5.95. The van der Waals surface area contributed by atoms with E-state index in [1.807, 2.05) is 42.5 Å². The van der Waals surface area contributed by atoms with Crippen molar-refractivity contribution in [3.8, 4) is 23.0 Å². The van der Waals surface area contributed by atoms with E-state index in [4.69, 9.17) is 33.2 Å². The van der Waals surface area contributed by atoms with Crippen LogP contribution in [0.5, 0.6) is 23.0 Å². The molecule has 0 aromatic heterocycles. The molecule has 0 radical (unpaired) electrons. The summed E-state index contributed by atoms with van der Waals surface area (Å²) in [7, 11) is 4.72. The van der Waals surface area contributed by atoms with Gasteiger partial charge in [-0.15, -0.1) is 0 Å². The quantitative estimate of drug-likeness (QED) is 0.574. The Morgan fingerprint density at radius 3 is 2.11 bits per heavy atom. The third-order valence-electron chi connectivity index (χ3n) is 4.00. The van der Waals surface area contributed by atoms with Crippen molar-refractivity contribution in [2.75, 3.05) is 41.7 Å². The molecule has 0 spiro atoms. The van der Waals surface area contributed by atoms with Crippen LogP contribution in [-0.4, -0.2) is 41.7 Å². The second kappa shape index (κ2) is 9.98. The van der Waals surface area contributed by atoms with E-state index >= 15 is 0 Å².